The Hall–Kier alpha value is -1.07. The van der Waals surface area contributed by atoms with E-state index in [0.717, 1.165) is 12.8 Å². The van der Waals surface area contributed by atoms with Gasteiger partial charge in [-0.15, -0.1) is 0 Å². The van der Waals surface area contributed by atoms with Gasteiger partial charge in [-0.05, 0) is 25.0 Å². The zero-order valence-corrected chi connectivity index (χ0v) is 12.0. The monoisotopic (exact) mass is 270 g/mol. The standard InChI is InChI=1S/C13H22N2O2S/c1-4-13(14,5-2)10-15-11-8-6-7-9-12(11)18(3,16)17/h6-9,15H,4-5,10,14H2,1-3H3. The van der Waals surface area contributed by atoms with Crippen molar-refractivity contribution in [3.8, 4) is 0 Å². The number of nitrogens with one attached hydrogen (secondary N) is 1. The summed E-state index contributed by atoms with van der Waals surface area (Å²) in [4.78, 5) is 0.319. The van der Waals surface area contributed by atoms with Gasteiger partial charge in [-0.25, -0.2) is 8.42 Å². The number of nitrogens with two attached hydrogens (primary N) is 1. The Morgan fingerprint density at radius 1 is 1.22 bits per heavy atom. The summed E-state index contributed by atoms with van der Waals surface area (Å²) in [6, 6.07) is 6.90. The van der Waals surface area contributed by atoms with Crippen LogP contribution in [0.4, 0.5) is 5.69 Å². The number of benzene rings is 1. The molecule has 0 radical (unpaired) electrons. The number of para-hydroxylation sites is 1. The van der Waals surface area contributed by atoms with Crippen LogP contribution >= 0.6 is 0 Å². The molecule has 0 bridgehead atoms. The quantitative estimate of drug-likeness (QED) is 0.829. The van der Waals surface area contributed by atoms with E-state index in [1.54, 1.807) is 18.2 Å². The van der Waals surface area contributed by atoms with Gasteiger partial charge in [0.25, 0.3) is 0 Å². The Kier molecular flexibility index (Phi) is 4.76. The molecule has 0 aliphatic carbocycles. The van der Waals surface area contributed by atoms with E-state index in [9.17, 15) is 8.42 Å². The first-order chi connectivity index (χ1) is 8.32. The Bertz CT molecular complexity index is 493. The molecule has 0 unspecified atom stereocenters. The van der Waals surface area contributed by atoms with Crippen molar-refractivity contribution >= 4 is 15.5 Å². The first-order valence-electron chi connectivity index (χ1n) is 6.14. The van der Waals surface area contributed by atoms with Crippen LogP contribution in [0.25, 0.3) is 0 Å². The van der Waals surface area contributed by atoms with Gasteiger partial charge in [0.15, 0.2) is 9.84 Å². The lowest BCUT2D eigenvalue weighted by molar-refractivity contribution is 0.418. The van der Waals surface area contributed by atoms with Gasteiger partial charge < -0.3 is 11.1 Å². The van der Waals surface area contributed by atoms with Gasteiger partial charge in [0.05, 0.1) is 10.6 Å². The maximum atomic E-state index is 11.6. The van der Waals surface area contributed by atoms with E-state index in [2.05, 4.69) is 5.32 Å². The van der Waals surface area contributed by atoms with Crippen LogP contribution in [0.3, 0.4) is 0 Å². The van der Waals surface area contributed by atoms with Gasteiger partial charge in [0.2, 0.25) is 0 Å². The molecule has 0 amide bonds. The van der Waals surface area contributed by atoms with Gasteiger partial charge in [-0.2, -0.15) is 0 Å². The second-order valence-corrected chi connectivity index (χ2v) is 6.68. The molecule has 0 atom stereocenters. The minimum absolute atomic E-state index is 0.301. The molecule has 0 saturated carbocycles. The molecule has 1 rings (SSSR count). The van der Waals surface area contributed by atoms with Crippen LogP contribution in [0.2, 0.25) is 0 Å². The zero-order valence-electron chi connectivity index (χ0n) is 11.2. The van der Waals surface area contributed by atoms with E-state index in [1.165, 1.54) is 6.26 Å². The molecule has 0 saturated heterocycles. The Balaban J connectivity index is 2.93. The summed E-state index contributed by atoms with van der Waals surface area (Å²) in [5, 5.41) is 3.16. The van der Waals surface area contributed by atoms with E-state index in [0.29, 0.717) is 17.1 Å². The zero-order chi connectivity index (χ0) is 13.8. The topological polar surface area (TPSA) is 72.2 Å². The highest BCUT2D eigenvalue weighted by molar-refractivity contribution is 7.90. The Labute approximate surface area is 110 Å². The predicted octanol–water partition coefficient (Wildman–Crippen LogP) is 2.02. The molecule has 0 aromatic heterocycles. The summed E-state index contributed by atoms with van der Waals surface area (Å²) in [7, 11) is -3.22. The third-order valence-electron chi connectivity index (χ3n) is 3.33. The van der Waals surface area contributed by atoms with Crippen molar-refractivity contribution < 1.29 is 8.42 Å². The molecule has 3 N–H and O–H groups in total. The number of hydrogen-bond donors (Lipinski definition) is 2. The molecule has 18 heavy (non-hydrogen) atoms. The maximum absolute atomic E-state index is 11.6. The highest BCUT2D eigenvalue weighted by Crippen LogP contribution is 2.22. The highest BCUT2D eigenvalue weighted by Gasteiger charge is 2.21. The summed E-state index contributed by atoms with van der Waals surface area (Å²) in [6.45, 7) is 4.63. The van der Waals surface area contributed by atoms with E-state index in [-0.39, 0.29) is 5.54 Å². The number of hydrogen-bond acceptors (Lipinski definition) is 4. The van der Waals surface area contributed by atoms with Crippen molar-refractivity contribution in [3.05, 3.63) is 24.3 Å². The molecule has 1 aromatic carbocycles. The largest absolute Gasteiger partial charge is 0.382 e. The van der Waals surface area contributed by atoms with Gasteiger partial charge in [-0.3, -0.25) is 0 Å². The first-order valence-corrected chi connectivity index (χ1v) is 8.03. The van der Waals surface area contributed by atoms with Crippen molar-refractivity contribution in [2.75, 3.05) is 18.1 Å². The summed E-state index contributed by atoms with van der Waals surface area (Å²) in [6.07, 6.45) is 2.90. The predicted molar refractivity (Wildman–Crippen MR) is 75.5 cm³/mol. The molecule has 5 heteroatoms. The Morgan fingerprint density at radius 3 is 2.28 bits per heavy atom. The maximum Gasteiger partial charge on any atom is 0.177 e. The smallest absolute Gasteiger partial charge is 0.177 e. The summed E-state index contributed by atoms with van der Waals surface area (Å²) >= 11 is 0. The molecule has 0 fully saturated rings. The Morgan fingerprint density at radius 2 is 1.78 bits per heavy atom. The molecular formula is C13H22N2O2S. The molecule has 0 heterocycles. The summed E-state index contributed by atoms with van der Waals surface area (Å²) in [5.41, 5.74) is 6.51. The average molecular weight is 270 g/mol. The van der Waals surface area contributed by atoms with E-state index >= 15 is 0 Å². The minimum Gasteiger partial charge on any atom is -0.382 e. The van der Waals surface area contributed by atoms with Crippen LogP contribution < -0.4 is 11.1 Å². The number of sulfone groups is 1. The van der Waals surface area contributed by atoms with Gasteiger partial charge in [0, 0.05) is 18.3 Å². The normalized spacial score (nSPS) is 12.4. The van der Waals surface area contributed by atoms with Crippen LogP contribution in [0.15, 0.2) is 29.2 Å². The van der Waals surface area contributed by atoms with Crippen molar-refractivity contribution in [1.82, 2.24) is 0 Å². The lowest BCUT2D eigenvalue weighted by Crippen LogP contribution is -2.45. The highest BCUT2D eigenvalue weighted by atomic mass is 32.2. The fraction of sp³-hybridized carbons (Fsp3) is 0.538. The fourth-order valence-corrected chi connectivity index (χ4v) is 2.57. The third kappa shape index (κ3) is 3.71. The minimum atomic E-state index is -3.22. The van der Waals surface area contributed by atoms with Crippen molar-refractivity contribution in [2.45, 2.75) is 37.1 Å². The molecule has 4 nitrogen and oxygen atoms in total. The van der Waals surface area contributed by atoms with Crippen molar-refractivity contribution in [3.63, 3.8) is 0 Å². The molecule has 0 spiro atoms. The SMILES string of the molecule is CCC(N)(CC)CNc1ccccc1S(C)(=O)=O. The molecule has 0 aliphatic heterocycles. The second-order valence-electron chi connectivity index (χ2n) is 4.69. The van der Waals surface area contributed by atoms with Crippen molar-refractivity contribution in [1.29, 1.82) is 0 Å². The summed E-state index contributed by atoms with van der Waals surface area (Å²) < 4.78 is 23.3. The second kappa shape index (κ2) is 5.71. The fourth-order valence-electron chi connectivity index (χ4n) is 1.71. The van der Waals surface area contributed by atoms with E-state index < -0.39 is 9.84 Å². The first kappa shape index (κ1) is 15.0. The molecule has 102 valence electrons. The molecule has 0 aliphatic rings. The van der Waals surface area contributed by atoms with E-state index in [4.69, 9.17) is 5.73 Å². The lowest BCUT2D eigenvalue weighted by atomic mass is 9.94. The van der Waals surface area contributed by atoms with Crippen LogP contribution in [-0.2, 0) is 9.84 Å². The van der Waals surface area contributed by atoms with Crippen LogP contribution in [0.1, 0.15) is 26.7 Å². The third-order valence-corrected chi connectivity index (χ3v) is 4.48. The number of anilines is 1. The average Bonchev–Trinajstić information content (AvgIpc) is 2.35. The van der Waals surface area contributed by atoms with Crippen LogP contribution in [0.5, 0.6) is 0 Å². The van der Waals surface area contributed by atoms with Gasteiger partial charge >= 0.3 is 0 Å². The van der Waals surface area contributed by atoms with Crippen molar-refractivity contribution in [2.24, 2.45) is 5.73 Å². The summed E-state index contributed by atoms with van der Waals surface area (Å²) in [5.74, 6) is 0. The molecular weight excluding hydrogens is 248 g/mol. The van der Waals surface area contributed by atoms with Gasteiger partial charge in [0.1, 0.15) is 0 Å². The van der Waals surface area contributed by atoms with E-state index in [1.807, 2.05) is 19.9 Å². The van der Waals surface area contributed by atoms with Crippen LogP contribution in [-0.4, -0.2) is 26.8 Å². The molecule has 1 aromatic rings. The number of rotatable bonds is 6. The van der Waals surface area contributed by atoms with Crippen LogP contribution in [0, 0.1) is 0 Å². The van der Waals surface area contributed by atoms with Gasteiger partial charge in [-0.1, -0.05) is 26.0 Å². The lowest BCUT2D eigenvalue weighted by Gasteiger charge is -2.27.